The number of ketones is 2. The number of carbonyl (C=O) groups excluding carboxylic acids is 3. The Labute approximate surface area is 181 Å². The Morgan fingerprint density at radius 3 is 2.35 bits per heavy atom. The number of aromatic hydroxyl groups is 1. The quantitative estimate of drug-likeness (QED) is 0.543. The predicted octanol–water partition coefficient (Wildman–Crippen LogP) is 4.76. The molecule has 1 amide bonds. The lowest BCUT2D eigenvalue weighted by atomic mass is 9.73. The van der Waals surface area contributed by atoms with Gasteiger partial charge in [0, 0.05) is 30.2 Å². The Kier molecular flexibility index (Phi) is 4.96. The summed E-state index contributed by atoms with van der Waals surface area (Å²) in [6.07, 6.45) is 0.971. The smallest absolute Gasteiger partial charge is 0.224 e. The van der Waals surface area contributed by atoms with Crippen molar-refractivity contribution in [3.8, 4) is 5.75 Å². The Hall–Kier alpha value is -3.41. The van der Waals surface area contributed by atoms with E-state index in [4.69, 9.17) is 0 Å². The van der Waals surface area contributed by atoms with Crippen molar-refractivity contribution in [2.45, 2.75) is 46.6 Å². The van der Waals surface area contributed by atoms with E-state index >= 15 is 0 Å². The number of nitrogens with one attached hydrogen (secondary N) is 1. The normalized spacial score (nSPS) is 19.8. The van der Waals surface area contributed by atoms with E-state index in [2.05, 4.69) is 5.32 Å². The first-order chi connectivity index (χ1) is 14.6. The van der Waals surface area contributed by atoms with E-state index in [1.54, 1.807) is 47.4 Å². The highest BCUT2D eigenvalue weighted by Crippen LogP contribution is 2.50. The molecule has 0 spiro atoms. The topological polar surface area (TPSA) is 86.7 Å². The van der Waals surface area contributed by atoms with E-state index in [9.17, 15) is 19.5 Å². The van der Waals surface area contributed by atoms with Gasteiger partial charge in [0.05, 0.1) is 11.7 Å². The second-order valence-corrected chi connectivity index (χ2v) is 9.10. The number of amides is 1. The molecule has 6 nitrogen and oxygen atoms in total. The molecule has 2 aromatic carbocycles. The molecule has 1 aliphatic carbocycles. The lowest BCUT2D eigenvalue weighted by Crippen LogP contribution is -2.38. The molecule has 4 rings (SSSR count). The molecule has 2 aliphatic rings. The van der Waals surface area contributed by atoms with Crippen LogP contribution in [-0.2, 0) is 9.59 Å². The average Bonchev–Trinajstić information content (AvgIpc) is 2.82. The molecule has 1 aliphatic heterocycles. The molecular formula is C25H26N2O4. The minimum absolute atomic E-state index is 0.0130. The van der Waals surface area contributed by atoms with Crippen LogP contribution in [0.5, 0.6) is 5.75 Å². The molecule has 1 unspecified atom stereocenters. The maximum Gasteiger partial charge on any atom is 0.224 e. The Balaban J connectivity index is 2.00. The Morgan fingerprint density at radius 2 is 1.74 bits per heavy atom. The highest BCUT2D eigenvalue weighted by Gasteiger charge is 2.43. The van der Waals surface area contributed by atoms with E-state index in [1.165, 1.54) is 13.8 Å². The van der Waals surface area contributed by atoms with Crippen LogP contribution in [0.2, 0.25) is 0 Å². The van der Waals surface area contributed by atoms with Crippen LogP contribution in [0.15, 0.2) is 53.7 Å². The third kappa shape index (κ3) is 3.63. The van der Waals surface area contributed by atoms with Gasteiger partial charge in [0.1, 0.15) is 11.4 Å². The average molecular weight is 418 g/mol. The van der Waals surface area contributed by atoms with Gasteiger partial charge in [-0.3, -0.25) is 19.3 Å². The number of Topliss-reactive ketones (excluding diaryl/α,β-unsaturated/α-hetero) is 2. The van der Waals surface area contributed by atoms with Gasteiger partial charge < -0.3 is 10.4 Å². The van der Waals surface area contributed by atoms with Crippen molar-refractivity contribution in [1.82, 2.24) is 0 Å². The summed E-state index contributed by atoms with van der Waals surface area (Å²) in [6, 6.07) is 11.4. The molecule has 2 aromatic rings. The number of phenols is 1. The standard InChI is InChI=1S/C25H26N2O4/c1-14(28)16-8-10-17(11-9-16)24-22-18(12-25(3,4)13-21(22)31)26-23-19(27(24)15(2)29)6-5-7-20(23)30/h5-11,24,26,30H,12-13H2,1-4H3. The number of fused-ring (bicyclic) bond motifs is 1. The molecule has 0 saturated heterocycles. The summed E-state index contributed by atoms with van der Waals surface area (Å²) in [4.78, 5) is 39.6. The molecule has 2 N–H and O–H groups in total. The zero-order valence-electron chi connectivity index (χ0n) is 18.2. The first kappa shape index (κ1) is 20.8. The van der Waals surface area contributed by atoms with Crippen LogP contribution < -0.4 is 10.2 Å². The highest BCUT2D eigenvalue weighted by atomic mass is 16.3. The van der Waals surface area contributed by atoms with Crippen molar-refractivity contribution in [2.24, 2.45) is 5.41 Å². The van der Waals surface area contributed by atoms with E-state index in [1.807, 2.05) is 13.8 Å². The van der Waals surface area contributed by atoms with Gasteiger partial charge in [0.2, 0.25) is 5.91 Å². The number of rotatable bonds is 2. The largest absolute Gasteiger partial charge is 0.506 e. The van der Waals surface area contributed by atoms with Gasteiger partial charge >= 0.3 is 0 Å². The molecule has 0 radical (unpaired) electrons. The molecule has 31 heavy (non-hydrogen) atoms. The van der Waals surface area contributed by atoms with Gasteiger partial charge in [-0.1, -0.05) is 44.2 Å². The number of benzene rings is 2. The molecule has 0 fully saturated rings. The minimum Gasteiger partial charge on any atom is -0.506 e. The van der Waals surface area contributed by atoms with Crippen molar-refractivity contribution in [1.29, 1.82) is 0 Å². The SMILES string of the molecule is CC(=O)c1ccc(C2C3=C(CC(C)(C)CC3=O)Nc3c(O)cccc3N2C(C)=O)cc1. The van der Waals surface area contributed by atoms with Crippen molar-refractivity contribution < 1.29 is 19.5 Å². The van der Waals surface area contributed by atoms with Crippen molar-refractivity contribution in [3.63, 3.8) is 0 Å². The zero-order valence-corrected chi connectivity index (χ0v) is 18.2. The first-order valence-corrected chi connectivity index (χ1v) is 10.3. The number of para-hydroxylation sites is 1. The zero-order chi connectivity index (χ0) is 22.5. The molecular weight excluding hydrogens is 392 g/mol. The molecule has 1 heterocycles. The van der Waals surface area contributed by atoms with Crippen molar-refractivity contribution in [3.05, 3.63) is 64.9 Å². The van der Waals surface area contributed by atoms with E-state index < -0.39 is 6.04 Å². The van der Waals surface area contributed by atoms with Gasteiger partial charge in [0.25, 0.3) is 0 Å². The van der Waals surface area contributed by atoms with Crippen LogP contribution in [0, 0.1) is 5.41 Å². The van der Waals surface area contributed by atoms with E-state index in [-0.39, 0.29) is 28.6 Å². The van der Waals surface area contributed by atoms with Gasteiger partial charge in [-0.25, -0.2) is 0 Å². The molecule has 1 atom stereocenters. The van der Waals surface area contributed by atoms with Crippen LogP contribution >= 0.6 is 0 Å². The van der Waals surface area contributed by atoms with Crippen LogP contribution in [-0.4, -0.2) is 22.6 Å². The monoisotopic (exact) mass is 418 g/mol. The number of anilines is 2. The molecule has 6 heteroatoms. The van der Waals surface area contributed by atoms with Crippen LogP contribution in [0.4, 0.5) is 11.4 Å². The third-order valence-corrected chi connectivity index (χ3v) is 5.98. The second kappa shape index (κ2) is 7.38. The number of carbonyl (C=O) groups is 3. The molecule has 0 saturated carbocycles. The molecule has 0 aromatic heterocycles. The first-order valence-electron chi connectivity index (χ1n) is 10.3. The number of hydrogen-bond acceptors (Lipinski definition) is 5. The fourth-order valence-electron chi connectivity index (χ4n) is 4.61. The molecule has 0 bridgehead atoms. The fraction of sp³-hybridized carbons (Fsp3) is 0.320. The summed E-state index contributed by atoms with van der Waals surface area (Å²) < 4.78 is 0. The minimum atomic E-state index is -0.660. The van der Waals surface area contributed by atoms with Crippen molar-refractivity contribution in [2.75, 3.05) is 10.2 Å². The Morgan fingerprint density at radius 1 is 1.06 bits per heavy atom. The summed E-state index contributed by atoms with van der Waals surface area (Å²) in [5.41, 5.74) is 3.22. The number of allylic oxidation sites excluding steroid dienone is 1. The van der Waals surface area contributed by atoms with E-state index in [0.717, 1.165) is 5.56 Å². The summed E-state index contributed by atoms with van der Waals surface area (Å²) in [7, 11) is 0. The van der Waals surface area contributed by atoms with Crippen LogP contribution in [0.1, 0.15) is 62.5 Å². The third-order valence-electron chi connectivity index (χ3n) is 5.98. The predicted molar refractivity (Wildman–Crippen MR) is 119 cm³/mol. The summed E-state index contributed by atoms with van der Waals surface area (Å²) in [5.74, 6) is -0.319. The van der Waals surface area contributed by atoms with Gasteiger partial charge in [-0.05, 0) is 36.5 Å². The summed E-state index contributed by atoms with van der Waals surface area (Å²) in [6.45, 7) is 7.02. The highest BCUT2D eigenvalue weighted by molar-refractivity contribution is 6.06. The lowest BCUT2D eigenvalue weighted by molar-refractivity contribution is -0.118. The summed E-state index contributed by atoms with van der Waals surface area (Å²) >= 11 is 0. The Bertz CT molecular complexity index is 1130. The fourth-order valence-corrected chi connectivity index (χ4v) is 4.61. The van der Waals surface area contributed by atoms with Gasteiger partial charge in [-0.2, -0.15) is 0 Å². The van der Waals surface area contributed by atoms with Crippen LogP contribution in [0.25, 0.3) is 0 Å². The van der Waals surface area contributed by atoms with Crippen LogP contribution in [0.3, 0.4) is 0 Å². The maximum atomic E-state index is 13.4. The second-order valence-electron chi connectivity index (χ2n) is 9.10. The number of phenolic OH excluding ortho intramolecular Hbond substituents is 1. The van der Waals surface area contributed by atoms with Crippen molar-refractivity contribution >= 4 is 28.8 Å². The number of hydrogen-bond donors (Lipinski definition) is 2. The lowest BCUT2D eigenvalue weighted by Gasteiger charge is -2.36. The maximum absolute atomic E-state index is 13.4. The van der Waals surface area contributed by atoms with Gasteiger partial charge in [-0.15, -0.1) is 0 Å². The van der Waals surface area contributed by atoms with E-state index in [0.29, 0.717) is 41.1 Å². The van der Waals surface area contributed by atoms with Gasteiger partial charge in [0.15, 0.2) is 11.6 Å². The summed E-state index contributed by atoms with van der Waals surface area (Å²) in [5, 5.41) is 13.9. The number of nitrogens with zero attached hydrogens (tertiary/aromatic N) is 1. The molecule has 160 valence electrons.